The summed E-state index contributed by atoms with van der Waals surface area (Å²) in [5, 5.41) is 0. The van der Waals surface area contributed by atoms with E-state index in [9.17, 15) is 4.79 Å². The molecule has 2 rings (SSSR count). The molecule has 1 atom stereocenters. The van der Waals surface area contributed by atoms with Crippen molar-refractivity contribution >= 4 is 12.0 Å². The molecule has 0 saturated heterocycles. The van der Waals surface area contributed by atoms with Gasteiger partial charge < -0.3 is 4.74 Å². The van der Waals surface area contributed by atoms with E-state index in [0.717, 1.165) is 5.56 Å². The summed E-state index contributed by atoms with van der Waals surface area (Å²) >= 11 is 0. The van der Waals surface area contributed by atoms with Gasteiger partial charge in [-0.05, 0) is 17.7 Å². The highest BCUT2D eigenvalue weighted by Crippen LogP contribution is 2.06. The molecule has 1 aliphatic heterocycles. The quantitative estimate of drug-likeness (QED) is 0.541. The molecule has 1 heterocycles. The minimum atomic E-state index is -0.317. The summed E-state index contributed by atoms with van der Waals surface area (Å²) in [6.07, 6.45) is 7.25. The van der Waals surface area contributed by atoms with E-state index in [-0.39, 0.29) is 12.1 Å². The zero-order valence-electron chi connectivity index (χ0n) is 9.30. The van der Waals surface area contributed by atoms with Crippen LogP contribution < -0.4 is 0 Å². The second-order valence-electron chi connectivity index (χ2n) is 3.60. The first-order chi connectivity index (χ1) is 8.34. The number of cyclic esters (lactones) is 1. The predicted molar refractivity (Wildman–Crippen MR) is 66.9 cm³/mol. The fourth-order valence-electron chi connectivity index (χ4n) is 1.45. The Kier molecular flexibility index (Phi) is 3.77. The molecule has 0 aromatic heterocycles. The number of ether oxygens (including phenoxy) is 1. The van der Waals surface area contributed by atoms with Gasteiger partial charge in [0.2, 0.25) is 0 Å². The Morgan fingerprint density at radius 3 is 2.88 bits per heavy atom. The van der Waals surface area contributed by atoms with Crippen LogP contribution in [0.1, 0.15) is 12.0 Å². The summed E-state index contributed by atoms with van der Waals surface area (Å²) in [5.41, 5.74) is 1.10. The Morgan fingerprint density at radius 2 is 2.12 bits per heavy atom. The highest BCUT2D eigenvalue weighted by molar-refractivity contribution is 5.83. The average molecular weight is 224 g/mol. The molecule has 17 heavy (non-hydrogen) atoms. The molecule has 0 spiro atoms. The van der Waals surface area contributed by atoms with Crippen molar-refractivity contribution in [2.75, 3.05) is 0 Å². The SMILES string of the molecule is O=C1C=CC[C@H](C#C/C=C/c2ccccc2)O1. The van der Waals surface area contributed by atoms with Gasteiger partial charge in [0.15, 0.2) is 6.10 Å². The fourth-order valence-corrected chi connectivity index (χ4v) is 1.45. The maximum absolute atomic E-state index is 10.9. The maximum atomic E-state index is 10.9. The number of carbonyl (C=O) groups excluding carboxylic acids is 1. The van der Waals surface area contributed by atoms with E-state index in [1.165, 1.54) is 6.08 Å². The molecule has 1 aromatic carbocycles. The number of allylic oxidation sites excluding steroid dienone is 1. The molecule has 0 saturated carbocycles. The largest absolute Gasteiger partial charge is 0.446 e. The highest BCUT2D eigenvalue weighted by atomic mass is 16.5. The summed E-state index contributed by atoms with van der Waals surface area (Å²) in [7, 11) is 0. The van der Waals surface area contributed by atoms with E-state index in [4.69, 9.17) is 4.74 Å². The van der Waals surface area contributed by atoms with Gasteiger partial charge in [0.25, 0.3) is 0 Å². The molecule has 84 valence electrons. The fraction of sp³-hybridized carbons (Fsp3) is 0.133. The lowest BCUT2D eigenvalue weighted by Gasteiger charge is -2.11. The van der Waals surface area contributed by atoms with Crippen molar-refractivity contribution in [1.82, 2.24) is 0 Å². The number of rotatable bonds is 1. The summed E-state index contributed by atoms with van der Waals surface area (Å²) in [5.74, 6) is 5.46. The molecule has 0 fully saturated rings. The van der Waals surface area contributed by atoms with Gasteiger partial charge in [-0.25, -0.2) is 4.79 Å². The van der Waals surface area contributed by atoms with Crippen molar-refractivity contribution in [3.63, 3.8) is 0 Å². The van der Waals surface area contributed by atoms with Crippen LogP contribution >= 0.6 is 0 Å². The van der Waals surface area contributed by atoms with Crippen molar-refractivity contribution in [2.45, 2.75) is 12.5 Å². The van der Waals surface area contributed by atoms with E-state index in [1.807, 2.05) is 36.4 Å². The van der Waals surface area contributed by atoms with Gasteiger partial charge in [-0.1, -0.05) is 48.2 Å². The molecular formula is C15H12O2. The Balaban J connectivity index is 1.92. The van der Waals surface area contributed by atoms with Crippen molar-refractivity contribution in [3.8, 4) is 11.8 Å². The number of carbonyl (C=O) groups is 1. The Morgan fingerprint density at radius 1 is 1.29 bits per heavy atom. The summed E-state index contributed by atoms with van der Waals surface area (Å²) in [4.78, 5) is 10.9. The van der Waals surface area contributed by atoms with Crippen LogP contribution in [0.2, 0.25) is 0 Å². The Bertz CT molecular complexity index is 501. The molecule has 1 aromatic rings. The lowest BCUT2D eigenvalue weighted by Crippen LogP contribution is -2.17. The number of benzene rings is 1. The number of hydrogen-bond donors (Lipinski definition) is 0. The predicted octanol–water partition coefficient (Wildman–Crippen LogP) is 2.57. The summed E-state index contributed by atoms with van der Waals surface area (Å²) < 4.78 is 5.01. The van der Waals surface area contributed by atoms with Gasteiger partial charge >= 0.3 is 5.97 Å². The van der Waals surface area contributed by atoms with Crippen LogP contribution in [0.5, 0.6) is 0 Å². The van der Waals surface area contributed by atoms with Gasteiger partial charge in [-0.3, -0.25) is 0 Å². The molecule has 0 amide bonds. The number of hydrogen-bond acceptors (Lipinski definition) is 2. The minimum absolute atomic E-state index is 0.312. The summed E-state index contributed by atoms with van der Waals surface area (Å²) in [6.45, 7) is 0. The monoisotopic (exact) mass is 224 g/mol. The van der Waals surface area contributed by atoms with Crippen molar-refractivity contribution in [1.29, 1.82) is 0 Å². The normalized spacial score (nSPS) is 18.6. The molecule has 0 unspecified atom stereocenters. The highest BCUT2D eigenvalue weighted by Gasteiger charge is 2.11. The molecule has 1 aliphatic rings. The third-order valence-corrected chi connectivity index (χ3v) is 2.27. The molecule has 0 bridgehead atoms. The minimum Gasteiger partial charge on any atom is -0.446 e. The molecular weight excluding hydrogens is 212 g/mol. The standard InChI is InChI=1S/C15H12O2/c16-15-12-6-11-14(17-15)10-5-4-9-13-7-2-1-3-8-13/h1-4,6-9,12,14H,11H2/b9-4+/t14-/m0/s1. The second-order valence-corrected chi connectivity index (χ2v) is 3.60. The van der Waals surface area contributed by atoms with Crippen LogP contribution in [0.3, 0.4) is 0 Å². The summed E-state index contributed by atoms with van der Waals surface area (Å²) in [6, 6.07) is 9.92. The Labute approximate surface area is 101 Å². The van der Waals surface area contributed by atoms with Gasteiger partial charge in [0.1, 0.15) is 0 Å². The molecule has 0 radical (unpaired) electrons. The third kappa shape index (κ3) is 3.66. The van der Waals surface area contributed by atoms with Gasteiger partial charge in [0, 0.05) is 12.5 Å². The zero-order chi connectivity index (χ0) is 11.9. The van der Waals surface area contributed by atoms with Crippen LogP contribution in [0.25, 0.3) is 6.08 Å². The van der Waals surface area contributed by atoms with Gasteiger partial charge in [0.05, 0.1) is 0 Å². The first-order valence-electron chi connectivity index (χ1n) is 5.44. The van der Waals surface area contributed by atoms with Gasteiger partial charge in [-0.15, -0.1) is 0 Å². The lowest BCUT2D eigenvalue weighted by atomic mass is 10.2. The van der Waals surface area contributed by atoms with Crippen molar-refractivity contribution < 1.29 is 9.53 Å². The van der Waals surface area contributed by atoms with Crippen LogP contribution in [0.4, 0.5) is 0 Å². The molecule has 0 aliphatic carbocycles. The van der Waals surface area contributed by atoms with E-state index in [0.29, 0.717) is 6.42 Å². The van der Waals surface area contributed by atoms with E-state index in [2.05, 4.69) is 11.8 Å². The molecule has 2 nitrogen and oxygen atoms in total. The topological polar surface area (TPSA) is 26.3 Å². The molecule has 0 N–H and O–H groups in total. The second kappa shape index (κ2) is 5.72. The van der Waals surface area contributed by atoms with Crippen LogP contribution in [0.15, 0.2) is 48.6 Å². The average Bonchev–Trinajstić information content (AvgIpc) is 2.36. The molecule has 2 heteroatoms. The number of esters is 1. The Hall–Kier alpha value is -2.27. The smallest absolute Gasteiger partial charge is 0.331 e. The lowest BCUT2D eigenvalue weighted by molar-refractivity contribution is -0.141. The van der Waals surface area contributed by atoms with Crippen LogP contribution in [-0.4, -0.2) is 12.1 Å². The van der Waals surface area contributed by atoms with Crippen molar-refractivity contribution in [2.24, 2.45) is 0 Å². The first-order valence-corrected chi connectivity index (χ1v) is 5.44. The van der Waals surface area contributed by atoms with Crippen LogP contribution in [0, 0.1) is 11.8 Å². The maximum Gasteiger partial charge on any atom is 0.331 e. The first kappa shape index (κ1) is 11.2. The van der Waals surface area contributed by atoms with E-state index >= 15 is 0 Å². The van der Waals surface area contributed by atoms with Crippen molar-refractivity contribution in [3.05, 3.63) is 54.1 Å². The third-order valence-electron chi connectivity index (χ3n) is 2.27. The van der Waals surface area contributed by atoms with Crippen LogP contribution in [-0.2, 0) is 9.53 Å². The van der Waals surface area contributed by atoms with E-state index in [1.54, 1.807) is 12.2 Å². The zero-order valence-corrected chi connectivity index (χ0v) is 9.30. The van der Waals surface area contributed by atoms with E-state index < -0.39 is 0 Å². The van der Waals surface area contributed by atoms with Gasteiger partial charge in [-0.2, -0.15) is 0 Å².